The standard InChI is InChI=1S/C67H63ClN2O13S/c1-78-54-30-23-47(24-31-54)62(72)69(42-45-9-5-3-6-10-45)70(43-46-11-7-4-8-12-46)63(73)48-25-32-56(33-26-48)82-66(76)50-17-15-49(16-18-50)64(74)80-40-39-44-13-28-55(29-14-44)81-65(75)51-19-21-52(22-20-51)67(77)83-59-36-34-57(79-2)41-53(59)27-35-58(71)60-37-38-61(68)84-60/h3-14,23-38,41,49-52H,15-22,39-40,42-43H2,1-2H3/b35-27+. The Hall–Kier alpha value is -8.86. The highest BCUT2D eigenvalue weighted by atomic mass is 35.5. The largest absolute Gasteiger partial charge is 0.497 e. The topological polar surface area (TPSA) is 181 Å². The first-order valence-electron chi connectivity index (χ1n) is 27.8. The number of nitrogens with zero attached hydrogens (tertiary/aromatic N) is 2. The summed E-state index contributed by atoms with van der Waals surface area (Å²) in [6.07, 6.45) is 7.01. The molecular weight excluding hydrogens is 1110 g/mol. The van der Waals surface area contributed by atoms with E-state index in [1.807, 2.05) is 72.8 Å². The van der Waals surface area contributed by atoms with Crippen LogP contribution in [0.15, 0.2) is 170 Å². The molecule has 2 aliphatic carbocycles. The third kappa shape index (κ3) is 16.0. The highest BCUT2D eigenvalue weighted by molar-refractivity contribution is 7.18. The number of rotatable bonds is 21. The van der Waals surface area contributed by atoms with Gasteiger partial charge < -0.3 is 28.4 Å². The number of amides is 2. The van der Waals surface area contributed by atoms with Crippen LogP contribution in [-0.2, 0) is 43.4 Å². The minimum Gasteiger partial charge on any atom is -0.497 e. The molecule has 15 nitrogen and oxygen atoms in total. The molecule has 0 unspecified atom stereocenters. The highest BCUT2D eigenvalue weighted by Crippen LogP contribution is 2.35. The number of methoxy groups -OCH3 is 2. The molecule has 0 spiro atoms. The number of ketones is 1. The van der Waals surface area contributed by atoms with E-state index in [0.717, 1.165) is 16.7 Å². The minimum atomic E-state index is -0.433. The van der Waals surface area contributed by atoms with Gasteiger partial charge in [0.2, 0.25) is 0 Å². The van der Waals surface area contributed by atoms with Crippen molar-refractivity contribution in [3.05, 3.63) is 212 Å². The Morgan fingerprint density at radius 3 is 1.39 bits per heavy atom. The fourth-order valence-corrected chi connectivity index (χ4v) is 11.1. The van der Waals surface area contributed by atoms with Crippen molar-refractivity contribution in [2.75, 3.05) is 20.8 Å². The Balaban J connectivity index is 0.702. The normalized spacial score (nSPS) is 16.6. The molecule has 2 saturated carbocycles. The number of carbonyl (C=O) groups is 7. The number of esters is 4. The lowest BCUT2D eigenvalue weighted by Crippen LogP contribution is -2.49. The molecule has 2 aliphatic rings. The summed E-state index contributed by atoms with van der Waals surface area (Å²) in [5, 5.41) is 2.89. The number of ether oxygens (including phenoxy) is 6. The smallest absolute Gasteiger partial charge is 0.314 e. The minimum absolute atomic E-state index is 0.0987. The first-order valence-corrected chi connectivity index (χ1v) is 29.0. The van der Waals surface area contributed by atoms with Crippen molar-refractivity contribution in [2.24, 2.45) is 23.7 Å². The summed E-state index contributed by atoms with van der Waals surface area (Å²) in [6, 6.07) is 47.2. The predicted molar refractivity (Wildman–Crippen MR) is 317 cm³/mol. The van der Waals surface area contributed by atoms with E-state index in [2.05, 4.69) is 0 Å². The van der Waals surface area contributed by atoms with Gasteiger partial charge in [-0.15, -0.1) is 11.3 Å². The van der Waals surface area contributed by atoms with Gasteiger partial charge in [-0.1, -0.05) is 84.4 Å². The average molecular weight is 1170 g/mol. The summed E-state index contributed by atoms with van der Waals surface area (Å²) in [6.45, 7) is 0.365. The highest BCUT2D eigenvalue weighted by Gasteiger charge is 2.35. The third-order valence-electron chi connectivity index (χ3n) is 15.0. The molecule has 17 heteroatoms. The van der Waals surface area contributed by atoms with Gasteiger partial charge in [-0.2, -0.15) is 0 Å². The molecule has 0 saturated heterocycles. The van der Waals surface area contributed by atoms with E-state index >= 15 is 0 Å². The maximum absolute atomic E-state index is 14.6. The molecule has 1 aromatic heterocycles. The maximum Gasteiger partial charge on any atom is 0.314 e. The van der Waals surface area contributed by atoms with Crippen molar-refractivity contribution >= 4 is 70.5 Å². The lowest BCUT2D eigenvalue weighted by atomic mass is 9.82. The summed E-state index contributed by atoms with van der Waals surface area (Å²) >= 11 is 7.17. The summed E-state index contributed by atoms with van der Waals surface area (Å²) in [5.41, 5.74) is 3.67. The fraction of sp³-hybridized carbons (Fsp3) is 0.269. The van der Waals surface area contributed by atoms with E-state index in [1.54, 1.807) is 104 Å². The molecule has 1 heterocycles. The summed E-state index contributed by atoms with van der Waals surface area (Å²) < 4.78 is 34.2. The number of hydrogen-bond acceptors (Lipinski definition) is 14. The first kappa shape index (κ1) is 59.8. The van der Waals surface area contributed by atoms with Crippen molar-refractivity contribution in [2.45, 2.75) is 70.9 Å². The van der Waals surface area contributed by atoms with Gasteiger partial charge in [-0.05, 0) is 171 Å². The molecule has 9 rings (SSSR count). The zero-order chi connectivity index (χ0) is 59.0. The molecule has 7 aromatic rings. The van der Waals surface area contributed by atoms with Crippen molar-refractivity contribution in [1.82, 2.24) is 10.0 Å². The lowest BCUT2D eigenvalue weighted by molar-refractivity contribution is -0.152. The molecule has 0 bridgehead atoms. The molecule has 0 atom stereocenters. The van der Waals surface area contributed by atoms with Crippen LogP contribution >= 0.6 is 22.9 Å². The van der Waals surface area contributed by atoms with Gasteiger partial charge in [0.15, 0.2) is 5.78 Å². The number of allylic oxidation sites excluding steroid dienone is 1. The SMILES string of the molecule is COc1ccc(C(=O)N(Cc2ccccc2)N(Cc2ccccc2)C(=O)c2ccc(OC(=O)C3CCC(C(=O)OCCc4ccc(OC(=O)C5CCC(C(=O)Oc6ccc(OC)cc6/C=C/C(=O)c6ccc(Cl)s6)CC5)cc4)CC3)cc2)cc1. The average Bonchev–Trinajstić information content (AvgIpc) is 4.14. The monoisotopic (exact) mass is 1170 g/mol. The Morgan fingerprint density at radius 1 is 0.488 bits per heavy atom. The fourth-order valence-electron chi connectivity index (χ4n) is 10.1. The lowest BCUT2D eigenvalue weighted by Gasteiger charge is -2.35. The Kier molecular flexibility index (Phi) is 20.6. The Labute approximate surface area is 496 Å². The summed E-state index contributed by atoms with van der Waals surface area (Å²) in [7, 11) is 3.07. The van der Waals surface area contributed by atoms with Crippen LogP contribution in [0.2, 0.25) is 4.34 Å². The van der Waals surface area contributed by atoms with Gasteiger partial charge in [-0.25, -0.2) is 10.0 Å². The van der Waals surface area contributed by atoms with E-state index in [4.69, 9.17) is 40.0 Å². The van der Waals surface area contributed by atoms with Crippen molar-refractivity contribution in [1.29, 1.82) is 0 Å². The van der Waals surface area contributed by atoms with Gasteiger partial charge >= 0.3 is 23.9 Å². The van der Waals surface area contributed by atoms with Crippen LogP contribution in [0, 0.1) is 23.7 Å². The molecule has 0 N–H and O–H groups in total. The number of thiophene rings is 1. The van der Waals surface area contributed by atoms with E-state index < -0.39 is 29.7 Å². The number of halogens is 1. The van der Waals surface area contributed by atoms with Crippen molar-refractivity contribution < 1.29 is 62.0 Å². The van der Waals surface area contributed by atoms with E-state index in [0.29, 0.717) is 95.4 Å². The number of carbonyl (C=O) groups excluding carboxylic acids is 7. The molecule has 2 amide bonds. The van der Waals surface area contributed by atoms with Gasteiger partial charge in [0, 0.05) is 23.1 Å². The van der Waals surface area contributed by atoms with Crippen LogP contribution < -0.4 is 23.7 Å². The molecule has 2 fully saturated rings. The maximum atomic E-state index is 14.6. The Bertz CT molecular complexity index is 3450. The van der Waals surface area contributed by atoms with Gasteiger partial charge in [-0.3, -0.25) is 33.6 Å². The third-order valence-corrected chi connectivity index (χ3v) is 16.2. The second-order valence-electron chi connectivity index (χ2n) is 20.6. The number of benzene rings is 6. The number of hydrazine groups is 1. The molecule has 6 aromatic carbocycles. The quantitative estimate of drug-likeness (QED) is 0.0218. The van der Waals surface area contributed by atoms with Crippen LogP contribution in [0.5, 0.6) is 28.7 Å². The van der Waals surface area contributed by atoms with Gasteiger partial charge in [0.1, 0.15) is 28.7 Å². The molecule has 0 aliphatic heterocycles. The second-order valence-corrected chi connectivity index (χ2v) is 22.3. The first-order chi connectivity index (χ1) is 40.8. The zero-order valence-electron chi connectivity index (χ0n) is 46.5. The molecule has 432 valence electrons. The van der Waals surface area contributed by atoms with Crippen LogP contribution in [0.25, 0.3) is 6.08 Å². The zero-order valence-corrected chi connectivity index (χ0v) is 48.1. The van der Waals surface area contributed by atoms with Gasteiger partial charge in [0.25, 0.3) is 11.8 Å². The Morgan fingerprint density at radius 2 is 0.929 bits per heavy atom. The van der Waals surface area contributed by atoms with E-state index in [1.165, 1.54) is 34.5 Å². The van der Waals surface area contributed by atoms with Crippen LogP contribution in [-0.4, -0.2) is 72.3 Å². The molecule has 84 heavy (non-hydrogen) atoms. The van der Waals surface area contributed by atoms with E-state index in [-0.39, 0.29) is 72.2 Å². The van der Waals surface area contributed by atoms with Crippen molar-refractivity contribution in [3.8, 4) is 28.7 Å². The van der Waals surface area contributed by atoms with Crippen LogP contribution in [0.4, 0.5) is 0 Å². The predicted octanol–water partition coefficient (Wildman–Crippen LogP) is 13.0. The second kappa shape index (κ2) is 28.9. The van der Waals surface area contributed by atoms with Crippen LogP contribution in [0.3, 0.4) is 0 Å². The van der Waals surface area contributed by atoms with Crippen LogP contribution in [0.1, 0.15) is 104 Å². The number of hydrogen-bond donors (Lipinski definition) is 0. The summed E-state index contributed by atoms with van der Waals surface area (Å²) in [5.74, 6) is -2.14. The molecule has 0 radical (unpaired) electrons. The van der Waals surface area contributed by atoms with E-state index in [9.17, 15) is 33.6 Å². The molecular formula is C67H63ClN2O13S. The van der Waals surface area contributed by atoms with Gasteiger partial charge in [0.05, 0.1) is 66.8 Å². The van der Waals surface area contributed by atoms with Crippen molar-refractivity contribution in [3.63, 3.8) is 0 Å². The summed E-state index contributed by atoms with van der Waals surface area (Å²) in [4.78, 5) is 95.2.